The van der Waals surface area contributed by atoms with E-state index < -0.39 is 10.0 Å². The van der Waals surface area contributed by atoms with E-state index in [1.807, 2.05) is 13.0 Å². The van der Waals surface area contributed by atoms with E-state index in [2.05, 4.69) is 24.9 Å². The molecule has 1 aliphatic heterocycles. The highest BCUT2D eigenvalue weighted by Crippen LogP contribution is 2.16. The number of nitrogens with zero attached hydrogens (tertiary/aromatic N) is 3. The summed E-state index contributed by atoms with van der Waals surface area (Å²) >= 11 is 5.90. The molecule has 2 heterocycles. The van der Waals surface area contributed by atoms with E-state index in [1.165, 1.54) is 0 Å². The van der Waals surface area contributed by atoms with Crippen molar-refractivity contribution >= 4 is 33.4 Å². The summed E-state index contributed by atoms with van der Waals surface area (Å²) in [5.41, 5.74) is 1.49. The second-order valence-corrected chi connectivity index (χ2v) is 8.74. The number of hydrogen-bond acceptors (Lipinski definition) is 7. The van der Waals surface area contributed by atoms with Gasteiger partial charge in [0.1, 0.15) is 5.82 Å². The Bertz CT molecular complexity index is 904. The Morgan fingerprint density at radius 3 is 2.71 bits per heavy atom. The SMILES string of the molecule is Cc1cc(N2CCOCC2)nc(NCCNS(=O)(=O)Cc2cccc(Cl)c2)n1. The Hall–Kier alpha value is -1.94. The number of morpholine rings is 1. The normalized spacial score (nSPS) is 14.9. The van der Waals surface area contributed by atoms with E-state index in [1.54, 1.807) is 24.3 Å². The number of aromatic nitrogens is 2. The topological polar surface area (TPSA) is 96.5 Å². The molecule has 2 N–H and O–H groups in total. The molecule has 3 rings (SSSR count). The third-order valence-corrected chi connectivity index (χ3v) is 5.74. The van der Waals surface area contributed by atoms with Crippen molar-refractivity contribution in [3.63, 3.8) is 0 Å². The number of halogens is 1. The van der Waals surface area contributed by atoms with Crippen LogP contribution in [0.2, 0.25) is 5.02 Å². The second kappa shape index (κ2) is 9.51. The van der Waals surface area contributed by atoms with E-state index in [9.17, 15) is 8.42 Å². The van der Waals surface area contributed by atoms with Crippen molar-refractivity contribution < 1.29 is 13.2 Å². The molecule has 0 atom stereocenters. The molecular formula is C18H24ClN5O3S. The third-order valence-electron chi connectivity index (χ3n) is 4.15. The van der Waals surface area contributed by atoms with Crippen LogP contribution in [0.1, 0.15) is 11.3 Å². The molecule has 2 aromatic rings. The molecular weight excluding hydrogens is 402 g/mol. The first-order chi connectivity index (χ1) is 13.4. The number of benzene rings is 1. The molecule has 8 nitrogen and oxygen atoms in total. The third kappa shape index (κ3) is 6.30. The van der Waals surface area contributed by atoms with Crippen LogP contribution < -0.4 is 14.9 Å². The minimum Gasteiger partial charge on any atom is -0.378 e. The van der Waals surface area contributed by atoms with Crippen LogP contribution in [0.5, 0.6) is 0 Å². The fraction of sp³-hybridized carbons (Fsp3) is 0.444. The van der Waals surface area contributed by atoms with Crippen LogP contribution in [0.15, 0.2) is 30.3 Å². The second-order valence-electron chi connectivity index (χ2n) is 6.50. The maximum Gasteiger partial charge on any atom is 0.224 e. The minimum atomic E-state index is -3.45. The molecule has 0 saturated carbocycles. The summed E-state index contributed by atoms with van der Waals surface area (Å²) in [4.78, 5) is 11.0. The lowest BCUT2D eigenvalue weighted by Crippen LogP contribution is -2.37. The van der Waals surface area contributed by atoms with E-state index >= 15 is 0 Å². The smallest absolute Gasteiger partial charge is 0.224 e. The number of hydrogen-bond donors (Lipinski definition) is 2. The highest BCUT2D eigenvalue weighted by Gasteiger charge is 2.14. The first-order valence-electron chi connectivity index (χ1n) is 9.05. The lowest BCUT2D eigenvalue weighted by molar-refractivity contribution is 0.122. The number of ether oxygens (including phenoxy) is 1. The van der Waals surface area contributed by atoms with Gasteiger partial charge < -0.3 is 15.0 Å². The average molecular weight is 426 g/mol. The Kier molecular flexibility index (Phi) is 7.06. The van der Waals surface area contributed by atoms with Crippen molar-refractivity contribution in [3.8, 4) is 0 Å². The standard InChI is InChI=1S/C18H24ClN5O3S/c1-14-11-17(24-7-9-27-10-8-24)23-18(22-14)20-5-6-21-28(25,26)13-15-3-2-4-16(19)12-15/h2-4,11-12,21H,5-10,13H2,1H3,(H,20,22,23). The van der Waals surface area contributed by atoms with Gasteiger partial charge in [-0.15, -0.1) is 0 Å². The van der Waals surface area contributed by atoms with Gasteiger partial charge >= 0.3 is 0 Å². The van der Waals surface area contributed by atoms with Crippen LogP contribution in [0.25, 0.3) is 0 Å². The number of anilines is 2. The fourth-order valence-electron chi connectivity index (χ4n) is 2.86. The van der Waals surface area contributed by atoms with Crippen molar-refractivity contribution in [2.75, 3.05) is 49.6 Å². The first kappa shape index (κ1) is 20.8. The molecule has 0 spiro atoms. The number of rotatable bonds is 8. The molecule has 1 saturated heterocycles. The Labute approximate surface area is 170 Å². The molecule has 152 valence electrons. The van der Waals surface area contributed by atoms with Crippen molar-refractivity contribution in [1.82, 2.24) is 14.7 Å². The van der Waals surface area contributed by atoms with E-state index in [0.717, 1.165) is 24.6 Å². The molecule has 0 amide bonds. The molecule has 1 aromatic carbocycles. The van der Waals surface area contributed by atoms with Crippen molar-refractivity contribution in [1.29, 1.82) is 0 Å². The summed E-state index contributed by atoms with van der Waals surface area (Å²) in [6, 6.07) is 8.76. The van der Waals surface area contributed by atoms with Gasteiger partial charge in [-0.3, -0.25) is 0 Å². The zero-order valence-electron chi connectivity index (χ0n) is 15.7. The average Bonchev–Trinajstić information content (AvgIpc) is 2.65. The lowest BCUT2D eigenvalue weighted by Gasteiger charge is -2.28. The summed E-state index contributed by atoms with van der Waals surface area (Å²) in [5.74, 6) is 1.21. The number of aryl methyl sites for hydroxylation is 1. The molecule has 0 aliphatic carbocycles. The monoisotopic (exact) mass is 425 g/mol. The Morgan fingerprint density at radius 2 is 1.96 bits per heavy atom. The largest absolute Gasteiger partial charge is 0.378 e. The van der Waals surface area contributed by atoms with Crippen LogP contribution in [-0.4, -0.2) is 57.8 Å². The van der Waals surface area contributed by atoms with Crippen LogP contribution in [0.3, 0.4) is 0 Å². The molecule has 0 unspecified atom stereocenters. The number of sulfonamides is 1. The van der Waals surface area contributed by atoms with Crippen LogP contribution >= 0.6 is 11.6 Å². The lowest BCUT2D eigenvalue weighted by atomic mass is 10.2. The fourth-order valence-corrected chi connectivity index (χ4v) is 4.21. The summed E-state index contributed by atoms with van der Waals surface area (Å²) in [6.07, 6.45) is 0. The molecule has 1 aromatic heterocycles. The van der Waals surface area contributed by atoms with Gasteiger partial charge in [0.2, 0.25) is 16.0 Å². The van der Waals surface area contributed by atoms with Crippen molar-refractivity contribution in [3.05, 3.63) is 46.6 Å². The minimum absolute atomic E-state index is 0.115. The maximum atomic E-state index is 12.2. The van der Waals surface area contributed by atoms with Gasteiger partial charge in [0.05, 0.1) is 19.0 Å². The van der Waals surface area contributed by atoms with Crippen LogP contribution in [0.4, 0.5) is 11.8 Å². The molecule has 28 heavy (non-hydrogen) atoms. The van der Waals surface area contributed by atoms with Gasteiger partial charge in [0, 0.05) is 43.0 Å². The molecule has 10 heteroatoms. The summed E-state index contributed by atoms with van der Waals surface area (Å²) in [7, 11) is -3.45. The highest BCUT2D eigenvalue weighted by molar-refractivity contribution is 7.88. The maximum absolute atomic E-state index is 12.2. The van der Waals surface area contributed by atoms with E-state index in [0.29, 0.717) is 36.3 Å². The molecule has 0 bridgehead atoms. The van der Waals surface area contributed by atoms with E-state index in [4.69, 9.17) is 16.3 Å². The Balaban J connectivity index is 1.51. The van der Waals surface area contributed by atoms with Gasteiger partial charge in [-0.2, -0.15) is 4.98 Å². The van der Waals surface area contributed by atoms with E-state index in [-0.39, 0.29) is 12.3 Å². The Morgan fingerprint density at radius 1 is 1.18 bits per heavy atom. The van der Waals surface area contributed by atoms with Gasteiger partial charge in [-0.25, -0.2) is 18.1 Å². The van der Waals surface area contributed by atoms with Gasteiger partial charge in [0.25, 0.3) is 0 Å². The zero-order chi connectivity index (χ0) is 20.0. The van der Waals surface area contributed by atoms with Gasteiger partial charge in [-0.05, 0) is 24.6 Å². The number of nitrogens with one attached hydrogen (secondary N) is 2. The molecule has 1 aliphatic rings. The van der Waals surface area contributed by atoms with Gasteiger partial charge in [0.15, 0.2) is 0 Å². The quantitative estimate of drug-likeness (QED) is 0.622. The highest BCUT2D eigenvalue weighted by atomic mass is 35.5. The van der Waals surface area contributed by atoms with Crippen LogP contribution in [0, 0.1) is 6.92 Å². The first-order valence-corrected chi connectivity index (χ1v) is 11.1. The summed E-state index contributed by atoms with van der Waals surface area (Å²) in [6.45, 7) is 5.46. The summed E-state index contributed by atoms with van der Waals surface area (Å²) < 4.78 is 32.4. The predicted octanol–water partition coefficient (Wildman–Crippen LogP) is 1.81. The molecule has 0 radical (unpaired) electrons. The van der Waals surface area contributed by atoms with Crippen LogP contribution in [-0.2, 0) is 20.5 Å². The summed E-state index contributed by atoms with van der Waals surface area (Å²) in [5, 5.41) is 3.60. The van der Waals surface area contributed by atoms with Gasteiger partial charge in [-0.1, -0.05) is 23.7 Å². The van der Waals surface area contributed by atoms with Crippen molar-refractivity contribution in [2.24, 2.45) is 0 Å². The molecule has 1 fully saturated rings. The zero-order valence-corrected chi connectivity index (χ0v) is 17.3. The van der Waals surface area contributed by atoms with Crippen molar-refractivity contribution in [2.45, 2.75) is 12.7 Å². The predicted molar refractivity (Wildman–Crippen MR) is 110 cm³/mol.